The maximum Gasteiger partial charge on any atom is 0.118 e. The van der Waals surface area contributed by atoms with Crippen molar-refractivity contribution in [2.75, 3.05) is 7.11 Å². The molecule has 1 aromatic heterocycles. The van der Waals surface area contributed by atoms with E-state index in [9.17, 15) is 5.11 Å². The van der Waals surface area contributed by atoms with Crippen LogP contribution in [0.1, 0.15) is 24.8 Å². The van der Waals surface area contributed by atoms with Crippen molar-refractivity contribution in [3.63, 3.8) is 0 Å². The Kier molecular flexibility index (Phi) is 4.04. The Bertz CT molecular complexity index is 499. The Morgan fingerprint density at radius 3 is 2.28 bits per heavy atom. The van der Waals surface area contributed by atoms with Gasteiger partial charge in [-0.1, -0.05) is 13.8 Å². The fraction of sp³-hybridized carbons (Fsp3) is 0.333. The van der Waals surface area contributed by atoms with Gasteiger partial charge < -0.3 is 9.84 Å². The van der Waals surface area contributed by atoms with Crippen LogP contribution in [0.2, 0.25) is 0 Å². The van der Waals surface area contributed by atoms with E-state index >= 15 is 0 Å². The average molecular weight is 262 g/mol. The molecule has 2 aromatic rings. The van der Waals surface area contributed by atoms with Gasteiger partial charge in [-0.15, -0.1) is 11.3 Å². The van der Waals surface area contributed by atoms with E-state index in [0.29, 0.717) is 0 Å². The van der Waals surface area contributed by atoms with Crippen LogP contribution in [0.5, 0.6) is 5.75 Å². The Labute approximate surface area is 112 Å². The third-order valence-electron chi connectivity index (χ3n) is 2.92. The van der Waals surface area contributed by atoms with Crippen LogP contribution in [-0.2, 0) is 0 Å². The predicted octanol–water partition coefficient (Wildman–Crippen LogP) is 4.11. The molecule has 1 atom stereocenters. The molecule has 0 aliphatic carbocycles. The Morgan fingerprint density at radius 2 is 1.72 bits per heavy atom. The number of rotatable bonds is 4. The first-order chi connectivity index (χ1) is 8.61. The predicted molar refractivity (Wildman–Crippen MR) is 76.1 cm³/mol. The highest BCUT2D eigenvalue weighted by Crippen LogP contribution is 2.34. The van der Waals surface area contributed by atoms with Crippen LogP contribution < -0.4 is 4.74 Å². The van der Waals surface area contributed by atoms with Gasteiger partial charge in [0, 0.05) is 9.75 Å². The van der Waals surface area contributed by atoms with Crippen LogP contribution >= 0.6 is 11.3 Å². The number of hydrogen-bond acceptors (Lipinski definition) is 3. The van der Waals surface area contributed by atoms with Crippen molar-refractivity contribution in [3.8, 4) is 16.2 Å². The summed E-state index contributed by atoms with van der Waals surface area (Å²) in [7, 11) is 1.66. The second-order valence-corrected chi connectivity index (χ2v) is 5.73. The Balaban J connectivity index is 2.23. The molecule has 2 nitrogen and oxygen atoms in total. The summed E-state index contributed by atoms with van der Waals surface area (Å²) in [5, 5.41) is 10.0. The standard InChI is InChI=1S/C15H18O2S/c1-10(2)15(16)14-9-8-13(18-14)11-4-6-12(17-3)7-5-11/h4-10,15-16H,1-3H3. The third-order valence-corrected chi connectivity index (χ3v) is 4.13. The van der Waals surface area contributed by atoms with Gasteiger partial charge in [-0.3, -0.25) is 0 Å². The summed E-state index contributed by atoms with van der Waals surface area (Å²) < 4.78 is 5.14. The van der Waals surface area contributed by atoms with Crippen LogP contribution in [0.15, 0.2) is 36.4 Å². The van der Waals surface area contributed by atoms with E-state index in [2.05, 4.69) is 6.07 Å². The lowest BCUT2D eigenvalue weighted by molar-refractivity contribution is 0.130. The van der Waals surface area contributed by atoms with E-state index in [4.69, 9.17) is 4.74 Å². The lowest BCUT2D eigenvalue weighted by Crippen LogP contribution is -2.02. The second kappa shape index (κ2) is 5.55. The zero-order valence-corrected chi connectivity index (χ0v) is 11.7. The number of methoxy groups -OCH3 is 1. The van der Waals surface area contributed by atoms with Gasteiger partial charge in [0.25, 0.3) is 0 Å². The van der Waals surface area contributed by atoms with Gasteiger partial charge in [0.05, 0.1) is 13.2 Å². The quantitative estimate of drug-likeness (QED) is 0.898. The zero-order valence-electron chi connectivity index (χ0n) is 10.9. The minimum atomic E-state index is -0.373. The third kappa shape index (κ3) is 2.74. The van der Waals surface area contributed by atoms with Crippen LogP contribution in [0.25, 0.3) is 10.4 Å². The summed E-state index contributed by atoms with van der Waals surface area (Å²) in [5.41, 5.74) is 1.16. The van der Waals surface area contributed by atoms with Crippen LogP contribution in [0, 0.1) is 5.92 Å². The highest BCUT2D eigenvalue weighted by atomic mass is 32.1. The lowest BCUT2D eigenvalue weighted by Gasteiger charge is -2.11. The van der Waals surface area contributed by atoms with Gasteiger partial charge in [0.2, 0.25) is 0 Å². The molecule has 0 aliphatic heterocycles. The molecule has 3 heteroatoms. The summed E-state index contributed by atoms with van der Waals surface area (Å²) in [5.74, 6) is 1.10. The first-order valence-corrected chi connectivity index (χ1v) is 6.85. The maximum absolute atomic E-state index is 10.0. The average Bonchev–Trinajstić information content (AvgIpc) is 2.87. The van der Waals surface area contributed by atoms with Crippen molar-refractivity contribution < 1.29 is 9.84 Å². The molecule has 0 radical (unpaired) electrons. The van der Waals surface area contributed by atoms with E-state index in [0.717, 1.165) is 16.2 Å². The molecule has 2 rings (SSSR count). The fourth-order valence-electron chi connectivity index (χ4n) is 1.75. The monoisotopic (exact) mass is 262 g/mol. The summed E-state index contributed by atoms with van der Waals surface area (Å²) in [6.07, 6.45) is -0.373. The molecule has 96 valence electrons. The van der Waals surface area contributed by atoms with E-state index < -0.39 is 0 Å². The van der Waals surface area contributed by atoms with Gasteiger partial charge in [0.15, 0.2) is 0 Å². The van der Waals surface area contributed by atoms with Gasteiger partial charge in [-0.05, 0) is 47.9 Å². The molecular formula is C15H18O2S. The molecule has 0 aliphatic rings. The van der Waals surface area contributed by atoms with E-state index in [1.165, 1.54) is 4.88 Å². The van der Waals surface area contributed by atoms with Crippen molar-refractivity contribution >= 4 is 11.3 Å². The van der Waals surface area contributed by atoms with Crippen LogP contribution in [-0.4, -0.2) is 12.2 Å². The van der Waals surface area contributed by atoms with Gasteiger partial charge in [0.1, 0.15) is 5.75 Å². The first-order valence-electron chi connectivity index (χ1n) is 6.04. The highest BCUT2D eigenvalue weighted by molar-refractivity contribution is 7.15. The largest absolute Gasteiger partial charge is 0.497 e. The molecular weight excluding hydrogens is 244 g/mol. The molecule has 0 saturated heterocycles. The Hall–Kier alpha value is -1.32. The minimum absolute atomic E-state index is 0.243. The summed E-state index contributed by atoms with van der Waals surface area (Å²) >= 11 is 1.65. The molecule has 1 unspecified atom stereocenters. The molecule has 1 heterocycles. The summed E-state index contributed by atoms with van der Waals surface area (Å²) in [4.78, 5) is 2.20. The van der Waals surface area contributed by atoms with Crippen molar-refractivity contribution in [1.82, 2.24) is 0 Å². The van der Waals surface area contributed by atoms with E-state index in [1.54, 1.807) is 18.4 Å². The number of thiophene rings is 1. The maximum atomic E-state index is 10.0. The number of benzene rings is 1. The lowest BCUT2D eigenvalue weighted by atomic mass is 10.1. The zero-order chi connectivity index (χ0) is 13.1. The highest BCUT2D eigenvalue weighted by Gasteiger charge is 2.14. The SMILES string of the molecule is COc1ccc(-c2ccc(C(O)C(C)C)s2)cc1. The van der Waals surface area contributed by atoms with Crippen LogP contribution in [0.3, 0.4) is 0 Å². The van der Waals surface area contributed by atoms with Gasteiger partial charge in [-0.2, -0.15) is 0 Å². The normalized spacial score (nSPS) is 12.7. The van der Waals surface area contributed by atoms with Crippen molar-refractivity contribution in [3.05, 3.63) is 41.3 Å². The first kappa shape index (κ1) is 13.1. The number of ether oxygens (including phenoxy) is 1. The topological polar surface area (TPSA) is 29.5 Å². The molecule has 0 amide bonds. The van der Waals surface area contributed by atoms with E-state index in [1.807, 2.05) is 44.2 Å². The number of aliphatic hydroxyl groups is 1. The van der Waals surface area contributed by atoms with Crippen LogP contribution in [0.4, 0.5) is 0 Å². The molecule has 1 N–H and O–H groups in total. The smallest absolute Gasteiger partial charge is 0.118 e. The fourth-order valence-corrected chi connectivity index (χ4v) is 2.92. The molecule has 0 spiro atoms. The molecule has 18 heavy (non-hydrogen) atoms. The van der Waals surface area contributed by atoms with Crippen molar-refractivity contribution in [2.45, 2.75) is 20.0 Å². The molecule has 0 bridgehead atoms. The van der Waals surface area contributed by atoms with E-state index in [-0.39, 0.29) is 12.0 Å². The Morgan fingerprint density at radius 1 is 1.06 bits per heavy atom. The van der Waals surface area contributed by atoms with Gasteiger partial charge in [-0.25, -0.2) is 0 Å². The molecule has 0 saturated carbocycles. The van der Waals surface area contributed by atoms with Crippen molar-refractivity contribution in [2.24, 2.45) is 5.92 Å². The molecule has 0 fully saturated rings. The summed E-state index contributed by atoms with van der Waals surface area (Å²) in [6, 6.07) is 12.1. The number of aliphatic hydroxyl groups excluding tert-OH is 1. The number of hydrogen-bond donors (Lipinski definition) is 1. The molecule has 1 aromatic carbocycles. The minimum Gasteiger partial charge on any atom is -0.497 e. The van der Waals surface area contributed by atoms with Gasteiger partial charge >= 0.3 is 0 Å². The summed E-state index contributed by atoms with van der Waals surface area (Å²) in [6.45, 7) is 4.05. The second-order valence-electron chi connectivity index (χ2n) is 4.62. The van der Waals surface area contributed by atoms with Crippen molar-refractivity contribution in [1.29, 1.82) is 0 Å².